The molecule has 2 N–H and O–H groups in total. The zero-order chi connectivity index (χ0) is 15.9. The van der Waals surface area contributed by atoms with Crippen molar-refractivity contribution in [3.05, 3.63) is 23.3 Å². The van der Waals surface area contributed by atoms with Gasteiger partial charge in [0.1, 0.15) is 12.4 Å². The third kappa shape index (κ3) is 6.01. The van der Waals surface area contributed by atoms with Crippen molar-refractivity contribution < 1.29 is 22.6 Å². The molecule has 6 nitrogen and oxygen atoms in total. The van der Waals surface area contributed by atoms with Crippen LogP contribution in [0.1, 0.15) is 17.5 Å². The van der Waals surface area contributed by atoms with E-state index >= 15 is 0 Å². The van der Waals surface area contributed by atoms with Gasteiger partial charge < -0.3 is 14.2 Å². The molecule has 0 saturated heterocycles. The van der Waals surface area contributed by atoms with Crippen LogP contribution in [0.4, 0.5) is 0 Å². The van der Waals surface area contributed by atoms with Gasteiger partial charge in [-0.25, -0.2) is 13.6 Å². The summed E-state index contributed by atoms with van der Waals surface area (Å²) < 4.78 is 38.8. The molecular formula is C14H23NO5S. The second-order valence-electron chi connectivity index (χ2n) is 4.74. The zero-order valence-electron chi connectivity index (χ0n) is 12.7. The highest BCUT2D eigenvalue weighted by Gasteiger charge is 2.16. The van der Waals surface area contributed by atoms with Crippen molar-refractivity contribution in [1.82, 2.24) is 0 Å². The van der Waals surface area contributed by atoms with Gasteiger partial charge in [-0.3, -0.25) is 0 Å². The van der Waals surface area contributed by atoms with E-state index in [0.29, 0.717) is 43.3 Å². The van der Waals surface area contributed by atoms with Crippen molar-refractivity contribution in [3.63, 3.8) is 0 Å². The SMILES string of the molecule is COCCCOCCOc1cc(C)c(S(N)(=O)=O)c(C)c1. The lowest BCUT2D eigenvalue weighted by atomic mass is 10.1. The maximum absolute atomic E-state index is 11.5. The first-order chi connectivity index (χ1) is 9.86. The Hall–Kier alpha value is -1.15. The number of aryl methyl sites for hydroxylation is 2. The van der Waals surface area contributed by atoms with Gasteiger partial charge in [-0.1, -0.05) is 0 Å². The summed E-state index contributed by atoms with van der Waals surface area (Å²) in [4.78, 5) is 0.158. The van der Waals surface area contributed by atoms with E-state index < -0.39 is 10.0 Å². The Morgan fingerprint density at radius 1 is 1.05 bits per heavy atom. The summed E-state index contributed by atoms with van der Waals surface area (Å²) in [5.74, 6) is 0.609. The summed E-state index contributed by atoms with van der Waals surface area (Å²) in [7, 11) is -2.06. The van der Waals surface area contributed by atoms with Gasteiger partial charge in [-0.05, 0) is 43.5 Å². The molecule has 1 rings (SSSR count). The molecule has 21 heavy (non-hydrogen) atoms. The summed E-state index contributed by atoms with van der Waals surface area (Å²) in [6.45, 7) is 5.56. The van der Waals surface area contributed by atoms with E-state index in [-0.39, 0.29) is 4.90 Å². The Morgan fingerprint density at radius 3 is 2.19 bits per heavy atom. The Balaban J connectivity index is 2.51. The van der Waals surface area contributed by atoms with Crippen molar-refractivity contribution in [1.29, 1.82) is 0 Å². The molecule has 0 aromatic heterocycles. The van der Waals surface area contributed by atoms with Gasteiger partial charge in [0.2, 0.25) is 10.0 Å². The summed E-state index contributed by atoms with van der Waals surface area (Å²) >= 11 is 0. The highest BCUT2D eigenvalue weighted by molar-refractivity contribution is 7.89. The van der Waals surface area contributed by atoms with Crippen LogP contribution in [0.15, 0.2) is 17.0 Å². The molecule has 0 bridgehead atoms. The minimum atomic E-state index is -3.71. The highest BCUT2D eigenvalue weighted by atomic mass is 32.2. The lowest BCUT2D eigenvalue weighted by Crippen LogP contribution is -2.15. The van der Waals surface area contributed by atoms with Gasteiger partial charge in [0, 0.05) is 20.3 Å². The predicted octanol–water partition coefficient (Wildman–Crippen LogP) is 1.38. The number of hydrogen-bond donors (Lipinski definition) is 1. The number of ether oxygens (including phenoxy) is 3. The first-order valence-corrected chi connectivity index (χ1v) is 8.24. The topological polar surface area (TPSA) is 87.8 Å². The fourth-order valence-electron chi connectivity index (χ4n) is 2.07. The van der Waals surface area contributed by atoms with E-state index in [4.69, 9.17) is 19.3 Å². The number of sulfonamides is 1. The molecule has 0 aliphatic carbocycles. The number of hydrogen-bond acceptors (Lipinski definition) is 5. The molecule has 1 aromatic rings. The van der Waals surface area contributed by atoms with Crippen LogP contribution < -0.4 is 9.88 Å². The standard InChI is InChI=1S/C14H23NO5S/c1-11-9-13(10-12(2)14(11)21(15,16)17)20-8-7-19-6-4-5-18-3/h9-10H,4-8H2,1-3H3,(H2,15,16,17). The van der Waals surface area contributed by atoms with E-state index in [0.717, 1.165) is 6.42 Å². The van der Waals surface area contributed by atoms with Crippen LogP contribution in [-0.2, 0) is 19.5 Å². The number of methoxy groups -OCH3 is 1. The Morgan fingerprint density at radius 2 is 1.67 bits per heavy atom. The van der Waals surface area contributed by atoms with Crippen molar-refractivity contribution in [3.8, 4) is 5.75 Å². The quantitative estimate of drug-likeness (QED) is 0.695. The molecule has 0 amide bonds. The van der Waals surface area contributed by atoms with E-state index in [2.05, 4.69) is 0 Å². The molecule has 0 aliphatic heterocycles. The second kappa shape index (κ2) is 8.33. The van der Waals surface area contributed by atoms with E-state index in [1.54, 1.807) is 33.1 Å². The molecule has 0 heterocycles. The van der Waals surface area contributed by atoms with E-state index in [9.17, 15) is 8.42 Å². The van der Waals surface area contributed by atoms with Gasteiger partial charge in [-0.2, -0.15) is 0 Å². The summed E-state index contributed by atoms with van der Waals surface area (Å²) in [5, 5.41) is 5.19. The molecule has 0 spiro atoms. The van der Waals surface area contributed by atoms with E-state index in [1.807, 2.05) is 0 Å². The molecule has 0 aliphatic rings. The van der Waals surface area contributed by atoms with Gasteiger partial charge in [0.15, 0.2) is 0 Å². The lowest BCUT2D eigenvalue weighted by Gasteiger charge is -2.12. The number of primary sulfonamides is 1. The normalized spacial score (nSPS) is 11.6. The predicted molar refractivity (Wildman–Crippen MR) is 80.1 cm³/mol. The number of benzene rings is 1. The van der Waals surface area contributed by atoms with E-state index in [1.165, 1.54) is 0 Å². The van der Waals surface area contributed by atoms with Crippen LogP contribution in [0, 0.1) is 13.8 Å². The van der Waals surface area contributed by atoms with Gasteiger partial charge >= 0.3 is 0 Å². The van der Waals surface area contributed by atoms with Gasteiger partial charge in [-0.15, -0.1) is 0 Å². The van der Waals surface area contributed by atoms with Crippen LogP contribution in [0.3, 0.4) is 0 Å². The zero-order valence-corrected chi connectivity index (χ0v) is 13.5. The van der Waals surface area contributed by atoms with Crippen molar-refractivity contribution in [2.24, 2.45) is 5.14 Å². The molecule has 0 atom stereocenters. The first kappa shape index (κ1) is 17.9. The Labute approximate surface area is 126 Å². The van der Waals surface area contributed by atoms with Crippen molar-refractivity contribution >= 4 is 10.0 Å². The average molecular weight is 317 g/mol. The molecular weight excluding hydrogens is 294 g/mol. The molecule has 0 radical (unpaired) electrons. The third-order valence-electron chi connectivity index (χ3n) is 2.85. The van der Waals surface area contributed by atoms with Gasteiger partial charge in [0.05, 0.1) is 11.5 Å². The molecule has 0 fully saturated rings. The third-order valence-corrected chi connectivity index (χ3v) is 4.06. The van der Waals surface area contributed by atoms with Crippen molar-refractivity contribution in [2.75, 3.05) is 33.5 Å². The molecule has 7 heteroatoms. The Kier molecular flexibility index (Phi) is 7.10. The maximum Gasteiger partial charge on any atom is 0.238 e. The van der Waals surface area contributed by atoms with Crippen LogP contribution in [0.5, 0.6) is 5.75 Å². The monoisotopic (exact) mass is 317 g/mol. The number of rotatable bonds is 9. The first-order valence-electron chi connectivity index (χ1n) is 6.69. The van der Waals surface area contributed by atoms with Crippen molar-refractivity contribution in [2.45, 2.75) is 25.2 Å². The van der Waals surface area contributed by atoms with Gasteiger partial charge in [0.25, 0.3) is 0 Å². The van der Waals surface area contributed by atoms with Crippen LogP contribution in [0.2, 0.25) is 0 Å². The fourth-order valence-corrected chi connectivity index (χ4v) is 3.08. The number of nitrogens with two attached hydrogens (primary N) is 1. The molecule has 1 aromatic carbocycles. The van der Waals surface area contributed by atoms with Crippen LogP contribution in [0.25, 0.3) is 0 Å². The minimum Gasteiger partial charge on any atom is -0.491 e. The largest absolute Gasteiger partial charge is 0.491 e. The summed E-state index contributed by atoms with van der Waals surface area (Å²) in [6.07, 6.45) is 0.845. The fraction of sp³-hybridized carbons (Fsp3) is 0.571. The summed E-state index contributed by atoms with van der Waals surface area (Å²) in [6, 6.07) is 3.33. The van der Waals surface area contributed by atoms with Crippen LogP contribution in [-0.4, -0.2) is 42.0 Å². The Bertz CT molecular complexity index is 533. The van der Waals surface area contributed by atoms with Crippen LogP contribution >= 0.6 is 0 Å². The molecule has 0 saturated carbocycles. The molecule has 120 valence electrons. The highest BCUT2D eigenvalue weighted by Crippen LogP contribution is 2.24. The lowest BCUT2D eigenvalue weighted by molar-refractivity contribution is 0.0806. The average Bonchev–Trinajstić information content (AvgIpc) is 2.35. The minimum absolute atomic E-state index is 0.158. The maximum atomic E-state index is 11.5. The second-order valence-corrected chi connectivity index (χ2v) is 6.24. The molecule has 0 unspecified atom stereocenters. The summed E-state index contributed by atoms with van der Waals surface area (Å²) in [5.41, 5.74) is 1.15. The smallest absolute Gasteiger partial charge is 0.238 e.